The van der Waals surface area contributed by atoms with Crippen LogP contribution in [0.5, 0.6) is 0 Å². The van der Waals surface area contributed by atoms with E-state index in [4.69, 9.17) is 0 Å². The zero-order valence-electron chi connectivity index (χ0n) is 25.4. The summed E-state index contributed by atoms with van der Waals surface area (Å²) < 4.78 is 4.23. The second-order valence-electron chi connectivity index (χ2n) is 10.2. The molecule has 0 spiro atoms. The first-order valence-electron chi connectivity index (χ1n) is 15.1. The van der Waals surface area contributed by atoms with Gasteiger partial charge in [0.15, 0.2) is 37.9 Å². The van der Waals surface area contributed by atoms with Crippen LogP contribution >= 0.6 is 0 Å². The lowest BCUT2D eigenvalue weighted by Crippen LogP contribution is -2.38. The van der Waals surface area contributed by atoms with E-state index < -0.39 is 0 Å². The number of aromatic nitrogens is 2. The number of anilines is 2. The van der Waals surface area contributed by atoms with E-state index in [2.05, 4.69) is 29.6 Å². The van der Waals surface area contributed by atoms with Gasteiger partial charge >= 0.3 is 0 Å². The van der Waals surface area contributed by atoms with Crippen molar-refractivity contribution in [1.82, 2.24) is 0 Å². The molecule has 45 heavy (non-hydrogen) atoms. The SMILES string of the molecule is OCCN(CCO)c1ccc(N=Nc2cc[n+](CCC[n+]3ccc(N=Nc4ccc(N(CCO)CCO)cc4)cc3)cc2)cc1. The third kappa shape index (κ3) is 10.8. The molecule has 0 aliphatic rings. The normalized spacial score (nSPS) is 11.5. The van der Waals surface area contributed by atoms with Crippen LogP contribution < -0.4 is 18.9 Å². The van der Waals surface area contributed by atoms with Gasteiger partial charge in [-0.2, -0.15) is 20.5 Å². The smallest absolute Gasteiger partial charge is 0.171 e. The molecule has 0 amide bonds. The van der Waals surface area contributed by atoms with Gasteiger partial charge in [-0.1, -0.05) is 0 Å². The Morgan fingerprint density at radius 2 is 0.711 bits per heavy atom. The van der Waals surface area contributed by atoms with E-state index in [0.717, 1.165) is 53.6 Å². The third-order valence-corrected chi connectivity index (χ3v) is 7.05. The summed E-state index contributed by atoms with van der Waals surface area (Å²) in [6.45, 7) is 3.64. The van der Waals surface area contributed by atoms with Gasteiger partial charge < -0.3 is 30.2 Å². The highest BCUT2D eigenvalue weighted by Gasteiger charge is 2.08. The van der Waals surface area contributed by atoms with E-state index in [1.807, 2.05) is 107 Å². The quantitative estimate of drug-likeness (QED) is 0.0992. The van der Waals surface area contributed by atoms with Crippen molar-refractivity contribution in [1.29, 1.82) is 0 Å². The molecule has 236 valence electrons. The van der Waals surface area contributed by atoms with Crippen molar-refractivity contribution in [2.24, 2.45) is 20.5 Å². The Labute approximate surface area is 263 Å². The van der Waals surface area contributed by atoms with E-state index in [9.17, 15) is 20.4 Å². The molecule has 0 saturated heterocycles. The molecule has 0 unspecified atom stereocenters. The number of pyridine rings is 2. The van der Waals surface area contributed by atoms with Crippen LogP contribution in [0.4, 0.5) is 34.1 Å². The molecule has 4 rings (SSSR count). The van der Waals surface area contributed by atoms with Gasteiger partial charge in [-0.25, -0.2) is 9.13 Å². The van der Waals surface area contributed by atoms with Crippen LogP contribution in [-0.2, 0) is 13.1 Å². The summed E-state index contributed by atoms with van der Waals surface area (Å²) in [5.74, 6) is 0. The van der Waals surface area contributed by atoms with Gasteiger partial charge in [-0.05, 0) is 48.5 Å². The summed E-state index contributed by atoms with van der Waals surface area (Å²) in [4.78, 5) is 3.83. The van der Waals surface area contributed by atoms with Crippen molar-refractivity contribution in [2.75, 3.05) is 62.4 Å². The number of hydrogen-bond donors (Lipinski definition) is 4. The summed E-state index contributed by atoms with van der Waals surface area (Å²) in [6.07, 6.45) is 8.93. The lowest BCUT2D eigenvalue weighted by molar-refractivity contribution is -0.726. The summed E-state index contributed by atoms with van der Waals surface area (Å²) in [5, 5.41) is 54.2. The van der Waals surface area contributed by atoms with Gasteiger partial charge in [-0.15, -0.1) is 0 Å². The predicted octanol–water partition coefficient (Wildman–Crippen LogP) is 3.76. The van der Waals surface area contributed by atoms with Gasteiger partial charge in [-0.3, -0.25) is 0 Å². The van der Waals surface area contributed by atoms with Crippen molar-refractivity contribution >= 4 is 34.1 Å². The first-order valence-corrected chi connectivity index (χ1v) is 15.1. The fraction of sp³-hybridized carbons (Fsp3) is 0.333. The zero-order chi connectivity index (χ0) is 31.7. The molecular weight excluding hydrogens is 572 g/mol. The maximum atomic E-state index is 9.23. The van der Waals surface area contributed by atoms with Crippen molar-refractivity contribution in [3.63, 3.8) is 0 Å². The first kappa shape index (κ1) is 33.3. The number of benzene rings is 2. The third-order valence-electron chi connectivity index (χ3n) is 7.05. The number of aliphatic hydroxyl groups excluding tert-OH is 4. The minimum atomic E-state index is 0.0220. The Bertz CT molecular complexity index is 1340. The monoisotopic (exact) mass is 614 g/mol. The molecule has 2 heterocycles. The highest BCUT2D eigenvalue weighted by Crippen LogP contribution is 2.23. The number of aryl methyl sites for hydroxylation is 2. The molecule has 0 atom stereocenters. The van der Waals surface area contributed by atoms with Gasteiger partial charge in [0, 0.05) is 61.8 Å². The fourth-order valence-electron chi connectivity index (χ4n) is 4.68. The van der Waals surface area contributed by atoms with Crippen LogP contribution in [0.2, 0.25) is 0 Å². The van der Waals surface area contributed by atoms with Crippen molar-refractivity contribution in [3.8, 4) is 0 Å². The van der Waals surface area contributed by atoms with Crippen LogP contribution in [0.25, 0.3) is 0 Å². The number of rotatable bonds is 18. The molecule has 12 nitrogen and oxygen atoms in total. The second kappa shape index (κ2) is 18.2. The average molecular weight is 615 g/mol. The largest absolute Gasteiger partial charge is 0.395 e. The number of aliphatic hydroxyl groups is 4. The number of nitrogens with zero attached hydrogens (tertiary/aromatic N) is 8. The molecule has 4 aromatic rings. The van der Waals surface area contributed by atoms with E-state index in [1.165, 1.54) is 0 Å². The van der Waals surface area contributed by atoms with Crippen LogP contribution in [0.1, 0.15) is 6.42 Å². The standard InChI is InChI=1S/C33H42N8O4/c42-24-20-40(21-25-43)32-6-2-28(3-7-32)34-36-30-10-16-38(17-11-30)14-1-15-39-18-12-31(13-19-39)37-35-29-4-8-33(9-5-29)41(22-26-44)23-27-45/h2-13,16-19,42-45H,1,14-15,20-27H2/q+2. The predicted molar refractivity (Wildman–Crippen MR) is 172 cm³/mol. The van der Waals surface area contributed by atoms with Crippen molar-refractivity contribution in [2.45, 2.75) is 19.5 Å². The average Bonchev–Trinajstić information content (AvgIpc) is 3.08. The van der Waals surface area contributed by atoms with E-state index in [-0.39, 0.29) is 26.4 Å². The van der Waals surface area contributed by atoms with E-state index in [0.29, 0.717) is 26.2 Å². The summed E-state index contributed by atoms with van der Waals surface area (Å²) >= 11 is 0. The molecule has 2 aromatic heterocycles. The Balaban J connectivity index is 1.21. The van der Waals surface area contributed by atoms with Gasteiger partial charge in [0.25, 0.3) is 0 Å². The maximum Gasteiger partial charge on any atom is 0.171 e. The van der Waals surface area contributed by atoms with E-state index >= 15 is 0 Å². The Morgan fingerprint density at radius 3 is 1.00 bits per heavy atom. The highest BCUT2D eigenvalue weighted by atomic mass is 16.3. The molecule has 12 heteroatoms. The Morgan fingerprint density at radius 1 is 0.422 bits per heavy atom. The summed E-state index contributed by atoms with van der Waals surface area (Å²) in [5.41, 5.74) is 4.81. The lowest BCUT2D eigenvalue weighted by Gasteiger charge is -2.22. The van der Waals surface area contributed by atoms with Gasteiger partial charge in [0.1, 0.15) is 0 Å². The summed E-state index contributed by atoms with van der Waals surface area (Å²) in [6, 6.07) is 22.8. The molecule has 0 fully saturated rings. The minimum absolute atomic E-state index is 0.0220. The number of azo groups is 2. The second-order valence-corrected chi connectivity index (χ2v) is 10.2. The summed E-state index contributed by atoms with van der Waals surface area (Å²) in [7, 11) is 0. The van der Waals surface area contributed by atoms with Gasteiger partial charge in [0.05, 0.1) is 55.6 Å². The minimum Gasteiger partial charge on any atom is -0.395 e. The molecule has 2 aromatic carbocycles. The molecule has 4 N–H and O–H groups in total. The molecule has 0 radical (unpaired) electrons. The molecule has 0 saturated carbocycles. The maximum absolute atomic E-state index is 9.23. The Kier molecular flexibility index (Phi) is 13.5. The first-order chi connectivity index (χ1) is 22.1. The van der Waals surface area contributed by atoms with Crippen LogP contribution in [0, 0.1) is 0 Å². The number of hydrogen-bond acceptors (Lipinski definition) is 10. The van der Waals surface area contributed by atoms with Crippen LogP contribution in [0.3, 0.4) is 0 Å². The highest BCUT2D eigenvalue weighted by molar-refractivity contribution is 5.54. The van der Waals surface area contributed by atoms with E-state index in [1.54, 1.807) is 0 Å². The van der Waals surface area contributed by atoms with Crippen molar-refractivity contribution < 1.29 is 29.6 Å². The lowest BCUT2D eigenvalue weighted by atomic mass is 10.2. The fourth-order valence-corrected chi connectivity index (χ4v) is 4.68. The van der Waals surface area contributed by atoms with Crippen molar-refractivity contribution in [3.05, 3.63) is 97.6 Å². The van der Waals surface area contributed by atoms with Crippen LogP contribution in [-0.4, -0.2) is 73.0 Å². The Hall–Kier alpha value is -4.62. The molecule has 0 aliphatic carbocycles. The molecule has 0 aliphatic heterocycles. The molecular formula is C33H42N8O4+2. The van der Waals surface area contributed by atoms with Crippen LogP contribution in [0.15, 0.2) is 118 Å². The zero-order valence-corrected chi connectivity index (χ0v) is 25.4. The topological polar surface area (TPSA) is 145 Å². The van der Waals surface area contributed by atoms with Gasteiger partial charge in [0.2, 0.25) is 0 Å². The molecule has 0 bridgehead atoms.